The van der Waals surface area contributed by atoms with Gasteiger partial charge in [-0.2, -0.15) is 0 Å². The van der Waals surface area contributed by atoms with Crippen LogP contribution in [-0.2, 0) is 6.42 Å². The van der Waals surface area contributed by atoms with E-state index in [1.54, 1.807) is 0 Å². The lowest BCUT2D eigenvalue weighted by molar-refractivity contribution is 0.523. The highest BCUT2D eigenvalue weighted by molar-refractivity contribution is 6.30. The molecule has 0 aromatic carbocycles. The maximum absolute atomic E-state index is 6.04. The number of fused-ring (bicyclic) bond motifs is 3. The summed E-state index contributed by atoms with van der Waals surface area (Å²) < 4.78 is 2.17. The SMILES string of the molecule is CCC1CCCc2c1nc1ccc(Cl)cn21. The van der Waals surface area contributed by atoms with Gasteiger partial charge in [0.15, 0.2) is 0 Å². The molecule has 1 aliphatic carbocycles. The predicted molar refractivity (Wildman–Crippen MR) is 66.2 cm³/mol. The van der Waals surface area contributed by atoms with Crippen molar-refractivity contribution >= 4 is 17.2 Å². The number of hydrogen-bond donors (Lipinski definition) is 0. The lowest BCUT2D eigenvalue weighted by atomic mass is 9.88. The molecule has 1 aliphatic rings. The number of halogens is 1. The van der Waals surface area contributed by atoms with Gasteiger partial charge in [-0.05, 0) is 37.8 Å². The van der Waals surface area contributed by atoms with Crippen LogP contribution in [0.5, 0.6) is 0 Å². The van der Waals surface area contributed by atoms with E-state index in [-0.39, 0.29) is 0 Å². The summed E-state index contributed by atoms with van der Waals surface area (Å²) in [6.07, 6.45) is 6.85. The Labute approximate surface area is 100 Å². The van der Waals surface area contributed by atoms with E-state index in [0.29, 0.717) is 5.92 Å². The number of rotatable bonds is 1. The molecule has 0 fully saturated rings. The van der Waals surface area contributed by atoms with Crippen molar-refractivity contribution in [1.82, 2.24) is 9.38 Å². The monoisotopic (exact) mass is 234 g/mol. The molecule has 3 rings (SSSR count). The Morgan fingerprint density at radius 1 is 1.50 bits per heavy atom. The van der Waals surface area contributed by atoms with E-state index in [2.05, 4.69) is 11.3 Å². The summed E-state index contributed by atoms with van der Waals surface area (Å²) in [4.78, 5) is 4.75. The highest BCUT2D eigenvalue weighted by Crippen LogP contribution is 2.34. The van der Waals surface area contributed by atoms with Crippen LogP contribution in [0.3, 0.4) is 0 Å². The normalized spacial score (nSPS) is 20.0. The van der Waals surface area contributed by atoms with E-state index < -0.39 is 0 Å². The van der Waals surface area contributed by atoms with Gasteiger partial charge >= 0.3 is 0 Å². The molecule has 0 aliphatic heterocycles. The van der Waals surface area contributed by atoms with Crippen LogP contribution in [0.25, 0.3) is 5.65 Å². The van der Waals surface area contributed by atoms with E-state index in [9.17, 15) is 0 Å². The molecule has 3 heteroatoms. The van der Waals surface area contributed by atoms with Crippen LogP contribution in [0.2, 0.25) is 5.02 Å². The summed E-state index contributed by atoms with van der Waals surface area (Å²) in [7, 11) is 0. The van der Waals surface area contributed by atoms with Crippen molar-refractivity contribution in [1.29, 1.82) is 0 Å². The number of aryl methyl sites for hydroxylation is 1. The zero-order valence-corrected chi connectivity index (χ0v) is 10.2. The molecule has 0 N–H and O–H groups in total. The first-order chi connectivity index (χ1) is 7.79. The second-order valence-electron chi connectivity index (χ2n) is 4.52. The summed E-state index contributed by atoms with van der Waals surface area (Å²) in [5.74, 6) is 0.641. The van der Waals surface area contributed by atoms with Crippen LogP contribution in [-0.4, -0.2) is 9.38 Å². The number of hydrogen-bond acceptors (Lipinski definition) is 1. The molecule has 0 amide bonds. The zero-order chi connectivity index (χ0) is 11.1. The van der Waals surface area contributed by atoms with Crippen molar-refractivity contribution in [2.45, 2.75) is 38.5 Å². The quantitative estimate of drug-likeness (QED) is 0.733. The molecule has 2 aromatic rings. The third-order valence-corrected chi connectivity index (χ3v) is 3.78. The molecular weight excluding hydrogens is 220 g/mol. The van der Waals surface area contributed by atoms with E-state index in [4.69, 9.17) is 16.6 Å². The molecule has 0 saturated carbocycles. The highest BCUT2D eigenvalue weighted by atomic mass is 35.5. The van der Waals surface area contributed by atoms with Crippen molar-refractivity contribution in [2.75, 3.05) is 0 Å². The van der Waals surface area contributed by atoms with Gasteiger partial charge in [0.1, 0.15) is 5.65 Å². The number of imidazole rings is 1. The van der Waals surface area contributed by atoms with Gasteiger partial charge in [0.25, 0.3) is 0 Å². The van der Waals surface area contributed by atoms with Crippen LogP contribution >= 0.6 is 11.6 Å². The molecule has 2 heterocycles. The average Bonchev–Trinajstić information content (AvgIpc) is 2.67. The molecule has 16 heavy (non-hydrogen) atoms. The van der Waals surface area contributed by atoms with Gasteiger partial charge in [-0.3, -0.25) is 0 Å². The fourth-order valence-corrected chi connectivity index (χ4v) is 2.87. The smallest absolute Gasteiger partial charge is 0.137 e. The van der Waals surface area contributed by atoms with Gasteiger partial charge in [-0.15, -0.1) is 0 Å². The summed E-state index contributed by atoms with van der Waals surface area (Å²) >= 11 is 6.04. The molecule has 2 nitrogen and oxygen atoms in total. The van der Waals surface area contributed by atoms with Gasteiger partial charge in [0, 0.05) is 17.8 Å². The Balaban J connectivity index is 2.24. The number of nitrogens with zero attached hydrogens (tertiary/aromatic N) is 2. The first-order valence-electron chi connectivity index (χ1n) is 5.96. The van der Waals surface area contributed by atoms with E-state index in [1.807, 2.05) is 18.3 Å². The predicted octanol–water partition coefficient (Wildman–Crippen LogP) is 3.82. The van der Waals surface area contributed by atoms with Crippen molar-refractivity contribution < 1.29 is 0 Å². The largest absolute Gasteiger partial charge is 0.302 e. The first kappa shape index (κ1) is 10.2. The average molecular weight is 235 g/mol. The number of pyridine rings is 1. The molecule has 0 saturated heterocycles. The van der Waals surface area contributed by atoms with Crippen molar-refractivity contribution in [3.05, 3.63) is 34.7 Å². The van der Waals surface area contributed by atoms with Crippen LogP contribution in [0.1, 0.15) is 43.5 Å². The Morgan fingerprint density at radius 2 is 2.38 bits per heavy atom. The van der Waals surface area contributed by atoms with Crippen LogP contribution in [0, 0.1) is 0 Å². The van der Waals surface area contributed by atoms with Crippen LogP contribution in [0.15, 0.2) is 18.3 Å². The molecule has 0 spiro atoms. The summed E-state index contributed by atoms with van der Waals surface area (Å²) in [5.41, 5.74) is 3.71. The van der Waals surface area contributed by atoms with Gasteiger partial charge in [0.2, 0.25) is 0 Å². The maximum Gasteiger partial charge on any atom is 0.137 e. The lowest BCUT2D eigenvalue weighted by Crippen LogP contribution is -2.09. The summed E-state index contributed by atoms with van der Waals surface area (Å²) in [5, 5.41) is 0.784. The van der Waals surface area contributed by atoms with E-state index >= 15 is 0 Å². The standard InChI is InChI=1S/C13H15ClN2/c1-2-9-4-3-5-11-13(9)15-12-7-6-10(14)8-16(11)12/h6-9H,2-5H2,1H3. The van der Waals surface area contributed by atoms with E-state index in [0.717, 1.165) is 17.1 Å². The molecule has 2 aromatic heterocycles. The Hall–Kier alpha value is -1.02. The molecule has 1 unspecified atom stereocenters. The minimum absolute atomic E-state index is 0.641. The van der Waals surface area contributed by atoms with Crippen LogP contribution < -0.4 is 0 Å². The summed E-state index contributed by atoms with van der Waals surface area (Å²) in [6, 6.07) is 3.92. The fourth-order valence-electron chi connectivity index (χ4n) is 2.71. The Morgan fingerprint density at radius 3 is 3.19 bits per heavy atom. The topological polar surface area (TPSA) is 17.3 Å². The van der Waals surface area contributed by atoms with Crippen molar-refractivity contribution in [2.24, 2.45) is 0 Å². The lowest BCUT2D eigenvalue weighted by Gasteiger charge is -2.19. The van der Waals surface area contributed by atoms with Crippen molar-refractivity contribution in [3.63, 3.8) is 0 Å². The van der Waals surface area contributed by atoms with Gasteiger partial charge < -0.3 is 4.40 Å². The van der Waals surface area contributed by atoms with Gasteiger partial charge in [-0.25, -0.2) is 4.98 Å². The van der Waals surface area contributed by atoms with Gasteiger partial charge in [-0.1, -0.05) is 18.5 Å². The minimum Gasteiger partial charge on any atom is -0.302 e. The van der Waals surface area contributed by atoms with Gasteiger partial charge in [0.05, 0.1) is 10.7 Å². The van der Waals surface area contributed by atoms with Crippen LogP contribution in [0.4, 0.5) is 0 Å². The summed E-state index contributed by atoms with van der Waals surface area (Å²) in [6.45, 7) is 2.25. The molecule has 84 valence electrons. The first-order valence-corrected chi connectivity index (χ1v) is 6.33. The molecule has 0 bridgehead atoms. The third kappa shape index (κ3) is 1.44. The van der Waals surface area contributed by atoms with E-state index in [1.165, 1.54) is 30.7 Å². The highest BCUT2D eigenvalue weighted by Gasteiger charge is 2.23. The minimum atomic E-state index is 0.641. The molecular formula is C13H15ClN2. The molecule has 1 atom stereocenters. The second kappa shape index (κ2) is 3.77. The number of aromatic nitrogens is 2. The second-order valence-corrected chi connectivity index (χ2v) is 4.95. The fraction of sp³-hybridized carbons (Fsp3) is 0.462. The Bertz CT molecular complexity index is 530. The maximum atomic E-state index is 6.04. The molecule has 0 radical (unpaired) electrons. The third-order valence-electron chi connectivity index (χ3n) is 3.56. The Kier molecular flexibility index (Phi) is 2.40. The zero-order valence-electron chi connectivity index (χ0n) is 9.41. The van der Waals surface area contributed by atoms with Crippen molar-refractivity contribution in [3.8, 4) is 0 Å².